The van der Waals surface area contributed by atoms with Crippen LogP contribution in [-0.2, 0) is 6.54 Å². The summed E-state index contributed by atoms with van der Waals surface area (Å²) in [6.45, 7) is 4.73. The molecule has 110 valence electrons. The fourth-order valence-corrected chi connectivity index (χ4v) is 2.86. The van der Waals surface area contributed by atoms with Crippen molar-refractivity contribution in [3.8, 4) is 11.4 Å². The quantitative estimate of drug-likeness (QED) is 0.789. The number of nitrogens with two attached hydrogens (primary N) is 1. The monoisotopic (exact) mass is 349 g/mol. The van der Waals surface area contributed by atoms with Crippen LogP contribution >= 0.6 is 15.9 Å². The van der Waals surface area contributed by atoms with Gasteiger partial charge in [-0.05, 0) is 41.9 Å². The number of methoxy groups -OCH3 is 1. The average molecular weight is 350 g/mol. The minimum atomic E-state index is 0.432. The number of fused-ring (bicyclic) bond motifs is 1. The number of anilines is 1. The molecule has 2 heterocycles. The van der Waals surface area contributed by atoms with Gasteiger partial charge in [0.15, 0.2) is 5.65 Å². The van der Waals surface area contributed by atoms with Gasteiger partial charge in [-0.15, -0.1) is 0 Å². The summed E-state index contributed by atoms with van der Waals surface area (Å²) >= 11 is 3.56. The van der Waals surface area contributed by atoms with Crippen LogP contribution in [0.2, 0.25) is 0 Å². The van der Waals surface area contributed by atoms with Crippen LogP contribution in [0.4, 0.5) is 5.95 Å². The molecule has 0 aliphatic carbocycles. The highest BCUT2D eigenvalue weighted by Crippen LogP contribution is 2.32. The van der Waals surface area contributed by atoms with Crippen molar-refractivity contribution in [2.24, 2.45) is 0 Å². The topological polar surface area (TPSA) is 70.9 Å². The Labute approximate surface area is 130 Å². The summed E-state index contributed by atoms with van der Waals surface area (Å²) in [6, 6.07) is 5.74. The van der Waals surface area contributed by atoms with Crippen LogP contribution in [-0.4, -0.2) is 26.4 Å². The molecule has 0 amide bonds. The van der Waals surface area contributed by atoms with Crippen molar-refractivity contribution in [2.45, 2.75) is 20.4 Å². The van der Waals surface area contributed by atoms with Crippen molar-refractivity contribution in [1.29, 1.82) is 0 Å². The number of aryl methyl sites for hydroxylation is 2. The minimum absolute atomic E-state index is 0.432. The van der Waals surface area contributed by atoms with Crippen LogP contribution in [0, 0.1) is 6.92 Å². The van der Waals surface area contributed by atoms with Crippen LogP contribution in [0.3, 0.4) is 0 Å². The molecule has 0 atom stereocenters. The molecule has 3 rings (SSSR count). The predicted octanol–water partition coefficient (Wildman–Crippen LogP) is 2.90. The Hall–Kier alpha value is -2.02. The van der Waals surface area contributed by atoms with Gasteiger partial charge in [-0.3, -0.25) is 4.57 Å². The van der Waals surface area contributed by atoms with Gasteiger partial charge >= 0.3 is 0 Å². The third-order valence-electron chi connectivity index (χ3n) is 3.43. The number of ether oxygens (including phenoxy) is 1. The molecule has 0 unspecified atom stereocenters. The summed E-state index contributed by atoms with van der Waals surface area (Å²) in [6.07, 6.45) is 0. The summed E-state index contributed by atoms with van der Waals surface area (Å²) in [7, 11) is 1.64. The van der Waals surface area contributed by atoms with Crippen LogP contribution in [0.5, 0.6) is 5.75 Å². The second-order valence-corrected chi connectivity index (χ2v) is 5.55. The standard InChI is InChI=1S/C14H16BrN5O/c1-4-19-13-12(8(2)18-19)17-14(16)20(13)11-7-9(21-3)5-6-10(11)15/h5-7H,4H2,1-3H3,(H2,16,17). The second kappa shape index (κ2) is 5.07. The SMILES string of the molecule is CCn1nc(C)c2nc(N)n(-c3cc(OC)ccc3Br)c21. The fourth-order valence-electron chi connectivity index (χ4n) is 2.43. The van der Waals surface area contributed by atoms with E-state index in [1.807, 2.05) is 41.3 Å². The molecule has 0 saturated carbocycles. The average Bonchev–Trinajstić information content (AvgIpc) is 2.96. The summed E-state index contributed by atoms with van der Waals surface area (Å²) in [5.74, 6) is 1.19. The third kappa shape index (κ3) is 2.08. The highest BCUT2D eigenvalue weighted by atomic mass is 79.9. The number of aromatic nitrogens is 4. The highest BCUT2D eigenvalue weighted by Gasteiger charge is 2.19. The van der Waals surface area contributed by atoms with Crippen molar-refractivity contribution in [2.75, 3.05) is 12.8 Å². The Bertz CT molecular complexity index is 820. The van der Waals surface area contributed by atoms with E-state index in [0.29, 0.717) is 5.95 Å². The smallest absolute Gasteiger partial charge is 0.207 e. The molecule has 21 heavy (non-hydrogen) atoms. The zero-order chi connectivity index (χ0) is 15.1. The van der Waals surface area contributed by atoms with Gasteiger partial charge < -0.3 is 10.5 Å². The molecule has 2 aromatic heterocycles. The first-order valence-electron chi connectivity index (χ1n) is 6.62. The Kier molecular flexibility index (Phi) is 3.36. The summed E-state index contributed by atoms with van der Waals surface area (Å²) < 4.78 is 10.0. The molecule has 7 heteroatoms. The van der Waals surface area contributed by atoms with Crippen molar-refractivity contribution in [3.05, 3.63) is 28.4 Å². The summed E-state index contributed by atoms with van der Waals surface area (Å²) in [5.41, 5.74) is 9.60. The highest BCUT2D eigenvalue weighted by molar-refractivity contribution is 9.10. The van der Waals surface area contributed by atoms with Crippen molar-refractivity contribution >= 4 is 33.0 Å². The molecule has 0 saturated heterocycles. The van der Waals surface area contributed by atoms with Crippen LogP contribution in [0.15, 0.2) is 22.7 Å². The van der Waals surface area contributed by atoms with E-state index in [4.69, 9.17) is 10.5 Å². The van der Waals surface area contributed by atoms with E-state index < -0.39 is 0 Å². The maximum Gasteiger partial charge on any atom is 0.207 e. The first kappa shape index (κ1) is 13.9. The fraction of sp³-hybridized carbons (Fsp3) is 0.286. The lowest BCUT2D eigenvalue weighted by atomic mass is 10.3. The Balaban J connectivity index is 2.37. The molecule has 3 aromatic rings. The van der Waals surface area contributed by atoms with Gasteiger partial charge in [0.1, 0.15) is 11.3 Å². The van der Waals surface area contributed by atoms with Crippen molar-refractivity contribution in [1.82, 2.24) is 19.3 Å². The number of hydrogen-bond acceptors (Lipinski definition) is 4. The van der Waals surface area contributed by atoms with Crippen LogP contribution in [0.25, 0.3) is 16.9 Å². The molecule has 0 fully saturated rings. The van der Waals surface area contributed by atoms with Gasteiger partial charge in [0.2, 0.25) is 5.95 Å². The largest absolute Gasteiger partial charge is 0.497 e. The lowest BCUT2D eigenvalue weighted by Gasteiger charge is -2.11. The molecule has 0 spiro atoms. The van der Waals surface area contributed by atoms with Crippen molar-refractivity contribution in [3.63, 3.8) is 0 Å². The number of hydrogen-bond donors (Lipinski definition) is 1. The predicted molar refractivity (Wildman–Crippen MR) is 85.9 cm³/mol. The first-order chi connectivity index (χ1) is 10.1. The van der Waals surface area contributed by atoms with E-state index in [9.17, 15) is 0 Å². The molecule has 1 aromatic carbocycles. The molecular formula is C14H16BrN5O. The van der Waals surface area contributed by atoms with E-state index in [2.05, 4.69) is 26.0 Å². The maximum atomic E-state index is 6.13. The van der Waals surface area contributed by atoms with Crippen molar-refractivity contribution < 1.29 is 4.74 Å². The zero-order valence-electron chi connectivity index (χ0n) is 12.1. The first-order valence-corrected chi connectivity index (χ1v) is 7.41. The molecular weight excluding hydrogens is 334 g/mol. The zero-order valence-corrected chi connectivity index (χ0v) is 13.7. The van der Waals surface area contributed by atoms with Gasteiger partial charge in [-0.2, -0.15) is 5.10 Å². The maximum absolute atomic E-state index is 6.13. The summed E-state index contributed by atoms with van der Waals surface area (Å²) in [5, 5.41) is 4.50. The minimum Gasteiger partial charge on any atom is -0.497 e. The Morgan fingerprint density at radius 2 is 2.14 bits per heavy atom. The van der Waals surface area contributed by atoms with Crippen LogP contribution in [0.1, 0.15) is 12.6 Å². The van der Waals surface area contributed by atoms with E-state index in [1.54, 1.807) is 7.11 Å². The van der Waals surface area contributed by atoms with Gasteiger partial charge in [-0.1, -0.05) is 0 Å². The van der Waals surface area contributed by atoms with Gasteiger partial charge in [-0.25, -0.2) is 9.67 Å². The lowest BCUT2D eigenvalue weighted by Crippen LogP contribution is -2.07. The number of imidazole rings is 1. The summed E-state index contributed by atoms with van der Waals surface area (Å²) in [4.78, 5) is 4.45. The normalized spacial score (nSPS) is 11.2. The molecule has 0 bridgehead atoms. The molecule has 0 aliphatic heterocycles. The molecule has 0 radical (unpaired) electrons. The number of benzene rings is 1. The molecule has 2 N–H and O–H groups in total. The number of halogens is 1. The van der Waals surface area contributed by atoms with E-state index >= 15 is 0 Å². The van der Waals surface area contributed by atoms with Gasteiger partial charge in [0.05, 0.1) is 18.5 Å². The van der Waals surface area contributed by atoms with Gasteiger partial charge in [0, 0.05) is 17.1 Å². The number of rotatable bonds is 3. The van der Waals surface area contributed by atoms with Gasteiger partial charge in [0.25, 0.3) is 0 Å². The van der Waals surface area contributed by atoms with E-state index in [0.717, 1.165) is 39.3 Å². The Morgan fingerprint density at radius 3 is 2.81 bits per heavy atom. The molecule has 6 nitrogen and oxygen atoms in total. The van der Waals surface area contributed by atoms with E-state index in [1.165, 1.54) is 0 Å². The van der Waals surface area contributed by atoms with E-state index in [-0.39, 0.29) is 0 Å². The third-order valence-corrected chi connectivity index (χ3v) is 4.10. The molecule has 0 aliphatic rings. The second-order valence-electron chi connectivity index (χ2n) is 4.70. The lowest BCUT2D eigenvalue weighted by molar-refractivity contribution is 0.414. The number of nitrogen functional groups attached to an aromatic ring is 1. The van der Waals surface area contributed by atoms with Crippen LogP contribution < -0.4 is 10.5 Å². The Morgan fingerprint density at radius 1 is 1.38 bits per heavy atom. The number of nitrogens with zero attached hydrogens (tertiary/aromatic N) is 4.